The third-order valence-electron chi connectivity index (χ3n) is 3.20. The highest BCUT2D eigenvalue weighted by molar-refractivity contribution is 6.04. The maximum atomic E-state index is 12.1. The molecule has 0 spiro atoms. The second kappa shape index (κ2) is 5.38. The van der Waals surface area contributed by atoms with Crippen molar-refractivity contribution < 1.29 is 9.59 Å². The van der Waals surface area contributed by atoms with E-state index < -0.39 is 5.41 Å². The van der Waals surface area contributed by atoms with Crippen LogP contribution in [0.1, 0.15) is 32.4 Å². The lowest BCUT2D eigenvalue weighted by atomic mass is 9.91. The van der Waals surface area contributed by atoms with Crippen molar-refractivity contribution in [2.75, 3.05) is 0 Å². The molecule has 0 unspecified atom stereocenters. The van der Waals surface area contributed by atoms with Crippen LogP contribution in [0.5, 0.6) is 0 Å². The summed E-state index contributed by atoms with van der Waals surface area (Å²) in [4.78, 5) is 28.2. The molecule has 5 heteroatoms. The Kier molecular flexibility index (Phi) is 3.83. The normalized spacial score (nSPS) is 14.8. The predicted octanol–water partition coefficient (Wildman–Crippen LogP) is 1.00. The van der Waals surface area contributed by atoms with Crippen molar-refractivity contribution in [1.29, 1.82) is 0 Å². The van der Waals surface area contributed by atoms with E-state index in [1.54, 1.807) is 20.0 Å². The minimum absolute atomic E-state index is 0.214. The summed E-state index contributed by atoms with van der Waals surface area (Å²) in [5, 5.41) is 5.61. The van der Waals surface area contributed by atoms with Gasteiger partial charge in [-0.25, -0.2) is 0 Å². The van der Waals surface area contributed by atoms with E-state index in [1.165, 1.54) is 0 Å². The topological polar surface area (TPSA) is 71.1 Å². The fraction of sp³-hybridized carbons (Fsp3) is 0.500. The van der Waals surface area contributed by atoms with E-state index in [9.17, 15) is 9.59 Å². The molecule has 0 bridgehead atoms. The average molecular weight is 261 g/mol. The highest BCUT2D eigenvalue weighted by atomic mass is 16.2. The van der Waals surface area contributed by atoms with Crippen LogP contribution in [0.25, 0.3) is 0 Å². The van der Waals surface area contributed by atoms with Crippen LogP contribution < -0.4 is 10.6 Å². The van der Waals surface area contributed by atoms with Gasteiger partial charge in [-0.3, -0.25) is 14.6 Å². The number of nitrogens with one attached hydrogen (secondary N) is 2. The monoisotopic (exact) mass is 261 g/mol. The lowest BCUT2D eigenvalue weighted by molar-refractivity contribution is -0.141. The number of aromatic nitrogens is 1. The minimum Gasteiger partial charge on any atom is -0.352 e. The zero-order chi connectivity index (χ0) is 13.9. The van der Waals surface area contributed by atoms with Gasteiger partial charge in [0.2, 0.25) is 11.8 Å². The van der Waals surface area contributed by atoms with Gasteiger partial charge < -0.3 is 10.6 Å². The molecule has 102 valence electrons. The Morgan fingerprint density at radius 3 is 2.63 bits per heavy atom. The molecule has 1 aromatic heterocycles. The number of hydrogen-bond acceptors (Lipinski definition) is 3. The Bertz CT molecular complexity index is 467. The Labute approximate surface area is 112 Å². The first-order valence-corrected chi connectivity index (χ1v) is 6.49. The van der Waals surface area contributed by atoms with Crippen LogP contribution in [-0.2, 0) is 16.1 Å². The van der Waals surface area contributed by atoms with Gasteiger partial charge in [-0.1, -0.05) is 6.07 Å². The first-order valence-electron chi connectivity index (χ1n) is 6.49. The zero-order valence-corrected chi connectivity index (χ0v) is 11.3. The molecular weight excluding hydrogens is 242 g/mol. The van der Waals surface area contributed by atoms with Gasteiger partial charge in [0.15, 0.2) is 0 Å². The standard InChI is InChI=1S/C14H19N3O2/c1-14(2,13(19)17-10-6-7-10)12(18)16-9-11-5-3-4-8-15-11/h3-5,8,10H,6-7,9H2,1-2H3,(H,16,18)(H,17,19). The molecule has 1 aliphatic carbocycles. The molecule has 2 N–H and O–H groups in total. The molecule has 0 radical (unpaired) electrons. The fourth-order valence-corrected chi connectivity index (χ4v) is 1.59. The summed E-state index contributed by atoms with van der Waals surface area (Å²) >= 11 is 0. The van der Waals surface area contributed by atoms with Crippen LogP contribution in [0.4, 0.5) is 0 Å². The Hall–Kier alpha value is -1.91. The first-order chi connectivity index (χ1) is 9.00. The predicted molar refractivity (Wildman–Crippen MR) is 71.0 cm³/mol. The third kappa shape index (κ3) is 3.53. The van der Waals surface area contributed by atoms with Gasteiger partial charge in [-0.05, 0) is 38.8 Å². The Balaban J connectivity index is 1.88. The van der Waals surface area contributed by atoms with Crippen LogP contribution >= 0.6 is 0 Å². The maximum absolute atomic E-state index is 12.1. The Morgan fingerprint density at radius 2 is 2.05 bits per heavy atom. The molecule has 19 heavy (non-hydrogen) atoms. The minimum atomic E-state index is -1.06. The molecule has 1 aliphatic rings. The van der Waals surface area contributed by atoms with Gasteiger partial charge in [-0.15, -0.1) is 0 Å². The van der Waals surface area contributed by atoms with Gasteiger partial charge in [-0.2, -0.15) is 0 Å². The number of carbonyl (C=O) groups excluding carboxylic acids is 2. The molecule has 2 amide bonds. The quantitative estimate of drug-likeness (QED) is 0.777. The molecule has 0 atom stereocenters. The molecule has 1 saturated carbocycles. The van der Waals surface area contributed by atoms with E-state index in [2.05, 4.69) is 15.6 Å². The lowest BCUT2D eigenvalue weighted by Gasteiger charge is -2.22. The van der Waals surface area contributed by atoms with Gasteiger partial charge in [0.1, 0.15) is 5.41 Å². The van der Waals surface area contributed by atoms with Gasteiger partial charge in [0.25, 0.3) is 0 Å². The molecule has 2 rings (SSSR count). The van der Waals surface area contributed by atoms with Crippen LogP contribution in [0.2, 0.25) is 0 Å². The second-order valence-electron chi connectivity index (χ2n) is 5.38. The van der Waals surface area contributed by atoms with E-state index in [0.29, 0.717) is 6.54 Å². The fourth-order valence-electron chi connectivity index (χ4n) is 1.59. The van der Waals surface area contributed by atoms with Crippen molar-refractivity contribution in [3.8, 4) is 0 Å². The summed E-state index contributed by atoms with van der Waals surface area (Å²) < 4.78 is 0. The van der Waals surface area contributed by atoms with E-state index in [-0.39, 0.29) is 17.9 Å². The first kappa shape index (κ1) is 13.5. The molecular formula is C14H19N3O2. The van der Waals surface area contributed by atoms with Crippen LogP contribution in [-0.4, -0.2) is 22.8 Å². The summed E-state index contributed by atoms with van der Waals surface area (Å²) in [6.45, 7) is 3.61. The lowest BCUT2D eigenvalue weighted by Crippen LogP contribution is -2.48. The summed E-state index contributed by atoms with van der Waals surface area (Å²) in [7, 11) is 0. The van der Waals surface area contributed by atoms with Gasteiger partial charge in [0, 0.05) is 12.2 Å². The molecule has 1 aromatic rings. The number of carbonyl (C=O) groups is 2. The summed E-state index contributed by atoms with van der Waals surface area (Å²) in [5.74, 6) is -0.496. The highest BCUT2D eigenvalue weighted by Crippen LogP contribution is 2.23. The van der Waals surface area contributed by atoms with E-state index >= 15 is 0 Å². The SMILES string of the molecule is CC(C)(C(=O)NCc1ccccn1)C(=O)NC1CC1. The van der Waals surface area contributed by atoms with Crippen molar-refractivity contribution in [2.45, 2.75) is 39.3 Å². The number of nitrogens with zero attached hydrogens (tertiary/aromatic N) is 1. The zero-order valence-electron chi connectivity index (χ0n) is 11.3. The van der Waals surface area contributed by atoms with E-state index in [1.807, 2.05) is 18.2 Å². The number of rotatable bonds is 5. The van der Waals surface area contributed by atoms with Crippen molar-refractivity contribution in [3.63, 3.8) is 0 Å². The van der Waals surface area contributed by atoms with Crippen LogP contribution in [0.3, 0.4) is 0 Å². The molecule has 0 aliphatic heterocycles. The molecule has 1 heterocycles. The largest absolute Gasteiger partial charge is 0.352 e. The third-order valence-corrected chi connectivity index (χ3v) is 3.20. The molecule has 1 fully saturated rings. The number of hydrogen-bond donors (Lipinski definition) is 2. The van der Waals surface area contributed by atoms with Gasteiger partial charge >= 0.3 is 0 Å². The van der Waals surface area contributed by atoms with Crippen molar-refractivity contribution in [3.05, 3.63) is 30.1 Å². The summed E-state index contributed by atoms with van der Waals surface area (Å²) in [6.07, 6.45) is 3.70. The molecule has 0 saturated heterocycles. The highest BCUT2D eigenvalue weighted by Gasteiger charge is 2.38. The molecule has 0 aromatic carbocycles. The number of amides is 2. The molecule has 5 nitrogen and oxygen atoms in total. The van der Waals surface area contributed by atoms with Crippen LogP contribution in [0.15, 0.2) is 24.4 Å². The average Bonchev–Trinajstić information content (AvgIpc) is 3.21. The maximum Gasteiger partial charge on any atom is 0.235 e. The Morgan fingerprint density at radius 1 is 1.32 bits per heavy atom. The van der Waals surface area contributed by atoms with Crippen molar-refractivity contribution in [1.82, 2.24) is 15.6 Å². The van der Waals surface area contributed by atoms with E-state index in [4.69, 9.17) is 0 Å². The summed E-state index contributed by atoms with van der Waals surface area (Å²) in [5.41, 5.74) is -0.286. The number of pyridine rings is 1. The second-order valence-corrected chi connectivity index (χ2v) is 5.38. The van der Waals surface area contributed by atoms with Gasteiger partial charge in [0.05, 0.1) is 12.2 Å². The van der Waals surface area contributed by atoms with Crippen molar-refractivity contribution in [2.24, 2.45) is 5.41 Å². The summed E-state index contributed by atoms with van der Waals surface area (Å²) in [6, 6.07) is 5.77. The van der Waals surface area contributed by atoms with Crippen molar-refractivity contribution >= 4 is 11.8 Å². The van der Waals surface area contributed by atoms with E-state index in [0.717, 1.165) is 18.5 Å². The van der Waals surface area contributed by atoms with Crippen LogP contribution in [0, 0.1) is 5.41 Å². The smallest absolute Gasteiger partial charge is 0.235 e.